The van der Waals surface area contributed by atoms with Gasteiger partial charge < -0.3 is 10.0 Å². The average Bonchev–Trinajstić information content (AvgIpc) is 3.24. The van der Waals surface area contributed by atoms with Crippen LogP contribution in [0.25, 0.3) is 10.8 Å². The zero-order valence-corrected chi connectivity index (χ0v) is 20.2. The zero-order valence-electron chi connectivity index (χ0n) is 18.4. The van der Waals surface area contributed by atoms with Crippen LogP contribution in [0.2, 0.25) is 0 Å². The average molecular weight is 499 g/mol. The highest BCUT2D eigenvalue weighted by molar-refractivity contribution is 7.89. The van der Waals surface area contributed by atoms with E-state index in [9.17, 15) is 23.1 Å². The number of carbonyl (C=O) groups is 2. The molecule has 0 bridgehead atoms. The molecule has 3 aromatic rings. The molecule has 0 spiro atoms. The first-order valence-electron chi connectivity index (χ1n) is 11.0. The highest BCUT2D eigenvalue weighted by Crippen LogP contribution is 2.31. The second-order valence-electron chi connectivity index (χ2n) is 8.38. The number of amides is 1. The fourth-order valence-electron chi connectivity index (χ4n) is 4.29. The molecule has 0 aromatic heterocycles. The Balaban J connectivity index is 1.60. The van der Waals surface area contributed by atoms with Gasteiger partial charge in [0.1, 0.15) is 12.6 Å². The summed E-state index contributed by atoms with van der Waals surface area (Å²) < 4.78 is 28.3. The van der Waals surface area contributed by atoms with Crippen LogP contribution < -0.4 is 0 Å². The molecular formula is C25H26N2O5S2. The van der Waals surface area contributed by atoms with Crippen LogP contribution >= 0.6 is 12.6 Å². The number of carboxylic acids is 1. The summed E-state index contributed by atoms with van der Waals surface area (Å²) in [6, 6.07) is 20.7. The van der Waals surface area contributed by atoms with E-state index in [0.29, 0.717) is 6.42 Å². The Kier molecular flexibility index (Phi) is 7.25. The Morgan fingerprint density at radius 2 is 1.68 bits per heavy atom. The molecule has 4 rings (SSSR count). The van der Waals surface area contributed by atoms with Crippen LogP contribution in [-0.2, 0) is 26.0 Å². The number of nitrogens with zero attached hydrogens (tertiary/aromatic N) is 2. The number of benzene rings is 3. The topological polar surface area (TPSA) is 95.0 Å². The third kappa shape index (κ3) is 5.27. The first-order valence-corrected chi connectivity index (χ1v) is 12.9. The van der Waals surface area contributed by atoms with E-state index in [-0.39, 0.29) is 29.7 Å². The van der Waals surface area contributed by atoms with Gasteiger partial charge in [-0.3, -0.25) is 9.59 Å². The molecule has 0 unspecified atom stereocenters. The van der Waals surface area contributed by atoms with Crippen molar-refractivity contribution in [3.8, 4) is 0 Å². The van der Waals surface area contributed by atoms with Crippen LogP contribution in [0.1, 0.15) is 12.0 Å². The van der Waals surface area contributed by atoms with E-state index in [0.717, 1.165) is 16.3 Å². The molecule has 1 aliphatic heterocycles. The summed E-state index contributed by atoms with van der Waals surface area (Å²) in [6.45, 7) is -0.246. The van der Waals surface area contributed by atoms with E-state index in [1.54, 1.807) is 12.1 Å². The van der Waals surface area contributed by atoms with Crippen molar-refractivity contribution in [1.29, 1.82) is 0 Å². The highest BCUT2D eigenvalue weighted by atomic mass is 32.2. The predicted octanol–water partition coefficient (Wildman–Crippen LogP) is 3.06. The number of sulfonamides is 1. The van der Waals surface area contributed by atoms with E-state index in [4.69, 9.17) is 0 Å². The summed E-state index contributed by atoms with van der Waals surface area (Å²) in [7, 11) is -4.00. The third-order valence-electron chi connectivity index (χ3n) is 6.00. The van der Waals surface area contributed by atoms with Crippen molar-refractivity contribution in [3.05, 3.63) is 78.4 Å². The highest BCUT2D eigenvalue weighted by Gasteiger charge is 2.44. The molecule has 0 aliphatic carbocycles. The van der Waals surface area contributed by atoms with Gasteiger partial charge in [-0.25, -0.2) is 8.42 Å². The number of thiol groups is 1. The molecule has 2 atom stereocenters. The van der Waals surface area contributed by atoms with E-state index >= 15 is 0 Å². The molecule has 0 saturated carbocycles. The van der Waals surface area contributed by atoms with Gasteiger partial charge in [0.2, 0.25) is 15.9 Å². The maximum atomic E-state index is 13.6. The van der Waals surface area contributed by atoms with E-state index in [1.165, 1.54) is 15.3 Å². The van der Waals surface area contributed by atoms with Crippen molar-refractivity contribution in [1.82, 2.24) is 9.21 Å². The van der Waals surface area contributed by atoms with Gasteiger partial charge in [0.05, 0.1) is 4.90 Å². The van der Waals surface area contributed by atoms with Gasteiger partial charge in [-0.1, -0.05) is 60.7 Å². The van der Waals surface area contributed by atoms with Crippen molar-refractivity contribution in [2.24, 2.45) is 0 Å². The molecule has 1 saturated heterocycles. The lowest BCUT2D eigenvalue weighted by atomic mass is 10.1. The predicted molar refractivity (Wildman–Crippen MR) is 133 cm³/mol. The van der Waals surface area contributed by atoms with Gasteiger partial charge in [-0.2, -0.15) is 16.9 Å². The maximum Gasteiger partial charge on any atom is 0.323 e. The first kappa shape index (κ1) is 24.3. The number of fused-ring (bicyclic) bond motifs is 1. The molecule has 7 nitrogen and oxygen atoms in total. The van der Waals surface area contributed by atoms with E-state index in [1.807, 2.05) is 54.6 Å². The fourth-order valence-corrected chi connectivity index (χ4v) is 6.45. The van der Waals surface area contributed by atoms with Crippen LogP contribution in [0.5, 0.6) is 0 Å². The summed E-state index contributed by atoms with van der Waals surface area (Å²) in [5.74, 6) is -1.66. The molecule has 1 aliphatic rings. The monoisotopic (exact) mass is 498 g/mol. The molecule has 9 heteroatoms. The Morgan fingerprint density at radius 1 is 1.00 bits per heavy atom. The lowest BCUT2D eigenvalue weighted by Crippen LogP contribution is -2.49. The summed E-state index contributed by atoms with van der Waals surface area (Å²) in [5.41, 5.74) is 0.963. The number of hydrogen-bond acceptors (Lipinski definition) is 5. The van der Waals surface area contributed by atoms with Crippen LogP contribution in [-0.4, -0.2) is 65.5 Å². The van der Waals surface area contributed by atoms with Crippen molar-refractivity contribution >= 4 is 45.3 Å². The van der Waals surface area contributed by atoms with Gasteiger partial charge in [0.25, 0.3) is 0 Å². The van der Waals surface area contributed by atoms with E-state index < -0.39 is 34.5 Å². The van der Waals surface area contributed by atoms with Gasteiger partial charge in [-0.15, -0.1) is 0 Å². The van der Waals surface area contributed by atoms with Crippen LogP contribution in [0.3, 0.4) is 0 Å². The molecule has 1 heterocycles. The van der Waals surface area contributed by atoms with Gasteiger partial charge in [0.15, 0.2) is 0 Å². The third-order valence-corrected chi connectivity index (χ3v) is 8.24. The quantitative estimate of drug-likeness (QED) is 0.466. The van der Waals surface area contributed by atoms with Crippen LogP contribution in [0.4, 0.5) is 0 Å². The second-order valence-corrected chi connectivity index (χ2v) is 11.0. The Hall–Kier alpha value is -2.88. The lowest BCUT2D eigenvalue weighted by molar-refractivity contribution is -0.145. The maximum absolute atomic E-state index is 13.6. The molecule has 1 N–H and O–H groups in total. The molecule has 178 valence electrons. The number of carboxylic acid groups (broad SMARTS) is 1. The van der Waals surface area contributed by atoms with Crippen LogP contribution in [0, 0.1) is 0 Å². The Bertz CT molecular complexity index is 1300. The summed E-state index contributed by atoms with van der Waals surface area (Å²) >= 11 is 4.46. The number of aliphatic carboxylic acids is 1. The minimum absolute atomic E-state index is 0.0777. The number of hydrogen-bond donors (Lipinski definition) is 2. The largest absolute Gasteiger partial charge is 0.480 e. The summed E-state index contributed by atoms with van der Waals surface area (Å²) in [6.07, 6.45) is 0.685. The minimum Gasteiger partial charge on any atom is -0.480 e. The second kappa shape index (κ2) is 10.2. The van der Waals surface area contributed by atoms with Crippen molar-refractivity contribution in [2.45, 2.75) is 29.0 Å². The van der Waals surface area contributed by atoms with Crippen LogP contribution in [0.15, 0.2) is 77.7 Å². The van der Waals surface area contributed by atoms with Crippen molar-refractivity contribution in [2.75, 3.05) is 19.6 Å². The number of carbonyl (C=O) groups excluding carboxylic acids is 1. The molecule has 1 amide bonds. The number of rotatable bonds is 8. The summed E-state index contributed by atoms with van der Waals surface area (Å²) in [4.78, 5) is 26.3. The molecule has 3 aromatic carbocycles. The lowest BCUT2D eigenvalue weighted by Gasteiger charge is -2.29. The fraction of sp³-hybridized carbons (Fsp3) is 0.280. The molecule has 1 fully saturated rings. The van der Waals surface area contributed by atoms with Gasteiger partial charge in [0, 0.05) is 18.3 Å². The first-order chi connectivity index (χ1) is 16.3. The standard InChI is InChI=1S/C25H26N2O5S2/c28-24(29)17-26(13-12-18-6-2-1-3-7-18)25(30)23-15-21(33)16-27(23)34(31,32)22-11-10-19-8-4-5-9-20(19)14-22/h1-11,14,21,23,33H,12-13,15-17H2,(H,28,29)/t21-,23+/m1/s1. The molecule has 34 heavy (non-hydrogen) atoms. The van der Waals surface area contributed by atoms with Gasteiger partial charge >= 0.3 is 5.97 Å². The normalized spacial score (nSPS) is 18.7. The van der Waals surface area contributed by atoms with Gasteiger partial charge in [-0.05, 0) is 41.3 Å². The van der Waals surface area contributed by atoms with E-state index in [2.05, 4.69) is 12.6 Å². The van der Waals surface area contributed by atoms with Crippen molar-refractivity contribution in [3.63, 3.8) is 0 Å². The minimum atomic E-state index is -4.00. The van der Waals surface area contributed by atoms with Crippen molar-refractivity contribution < 1.29 is 23.1 Å². The zero-order chi connectivity index (χ0) is 24.3. The molecule has 0 radical (unpaired) electrons. The molecular weight excluding hydrogens is 472 g/mol. The Labute approximate surface area is 204 Å². The SMILES string of the molecule is O=C(O)CN(CCc1ccccc1)C(=O)[C@@H]1C[C@@H](S)CN1S(=O)(=O)c1ccc2ccccc2c1. The Morgan fingerprint density at radius 3 is 2.38 bits per heavy atom. The summed E-state index contributed by atoms with van der Waals surface area (Å²) in [5, 5.41) is 10.8. The smallest absolute Gasteiger partial charge is 0.323 e.